The molecule has 1 N–H and O–H groups in total. The predicted octanol–water partition coefficient (Wildman–Crippen LogP) is 4.45. The Labute approximate surface area is 187 Å². The maximum atomic E-state index is 12.8. The monoisotopic (exact) mass is 434 g/mol. The molecule has 5 nitrogen and oxygen atoms in total. The van der Waals surface area contributed by atoms with Crippen molar-refractivity contribution in [1.82, 2.24) is 15.3 Å². The zero-order chi connectivity index (χ0) is 21.4. The molecule has 0 bridgehead atoms. The van der Waals surface area contributed by atoms with Gasteiger partial charge in [0.1, 0.15) is 0 Å². The Kier molecular flexibility index (Phi) is 5.65. The molecule has 6 heteroatoms. The van der Waals surface area contributed by atoms with Crippen molar-refractivity contribution in [2.75, 3.05) is 18.0 Å². The number of amides is 1. The molecule has 3 aromatic rings. The second kappa shape index (κ2) is 8.58. The highest BCUT2D eigenvalue weighted by Crippen LogP contribution is 2.30. The lowest BCUT2D eigenvalue weighted by Gasteiger charge is -2.32. The summed E-state index contributed by atoms with van der Waals surface area (Å²) in [4.78, 5) is 26.1. The van der Waals surface area contributed by atoms with Crippen molar-refractivity contribution in [3.63, 3.8) is 0 Å². The summed E-state index contributed by atoms with van der Waals surface area (Å²) in [6.45, 7) is 5.83. The molecule has 1 aliphatic carbocycles. The third-order valence-corrected chi connectivity index (χ3v) is 7.61. The van der Waals surface area contributed by atoms with E-state index < -0.39 is 0 Å². The highest BCUT2D eigenvalue weighted by molar-refractivity contribution is 7.09. The molecule has 162 valence electrons. The molecule has 1 amide bonds. The minimum absolute atomic E-state index is 0.0758. The van der Waals surface area contributed by atoms with Crippen LogP contribution in [0.3, 0.4) is 0 Å². The number of rotatable bonds is 5. The Morgan fingerprint density at radius 2 is 2.00 bits per heavy atom. The van der Waals surface area contributed by atoms with Crippen LogP contribution in [0.1, 0.15) is 47.9 Å². The summed E-state index contributed by atoms with van der Waals surface area (Å²) in [7, 11) is 0. The van der Waals surface area contributed by atoms with Crippen molar-refractivity contribution >= 4 is 34.1 Å². The largest absolute Gasteiger partial charge is 0.353 e. The van der Waals surface area contributed by atoms with Crippen molar-refractivity contribution in [2.45, 2.75) is 58.4 Å². The molecule has 1 aromatic carbocycles. The van der Waals surface area contributed by atoms with Gasteiger partial charge >= 0.3 is 0 Å². The first-order valence-electron chi connectivity index (χ1n) is 11.4. The number of hydrogen-bond donors (Lipinski definition) is 1. The van der Waals surface area contributed by atoms with E-state index in [4.69, 9.17) is 9.97 Å². The number of carbonyl (C=O) groups excluding carboxylic acids is 1. The third-order valence-electron chi connectivity index (χ3n) is 6.71. The highest BCUT2D eigenvalue weighted by Gasteiger charge is 2.27. The number of aromatic nitrogens is 2. The normalized spacial score (nSPS) is 17.7. The molecular weight excluding hydrogens is 404 g/mol. The Hall–Kier alpha value is -2.47. The van der Waals surface area contributed by atoms with E-state index in [1.165, 1.54) is 34.2 Å². The summed E-state index contributed by atoms with van der Waals surface area (Å²) in [5, 5.41) is 6.48. The lowest BCUT2D eigenvalue weighted by molar-refractivity contribution is -0.126. The summed E-state index contributed by atoms with van der Waals surface area (Å²) >= 11 is 1.75. The van der Waals surface area contributed by atoms with Crippen molar-refractivity contribution in [1.29, 1.82) is 0 Å². The van der Waals surface area contributed by atoms with Gasteiger partial charge in [-0.2, -0.15) is 0 Å². The van der Waals surface area contributed by atoms with Gasteiger partial charge in [-0.1, -0.05) is 6.07 Å². The van der Waals surface area contributed by atoms with Crippen LogP contribution in [0.4, 0.5) is 5.95 Å². The molecule has 0 spiro atoms. The second-order valence-corrected chi connectivity index (χ2v) is 10.1. The van der Waals surface area contributed by atoms with Gasteiger partial charge in [0.25, 0.3) is 0 Å². The van der Waals surface area contributed by atoms with E-state index in [0.29, 0.717) is 0 Å². The van der Waals surface area contributed by atoms with Crippen LogP contribution in [0.25, 0.3) is 10.9 Å². The van der Waals surface area contributed by atoms with Gasteiger partial charge in [-0.05, 0) is 80.7 Å². The van der Waals surface area contributed by atoms with Gasteiger partial charge in [0.2, 0.25) is 11.9 Å². The van der Waals surface area contributed by atoms with Crippen LogP contribution in [0.15, 0.2) is 29.6 Å². The van der Waals surface area contributed by atoms with Crippen LogP contribution in [0, 0.1) is 12.8 Å². The quantitative estimate of drug-likeness (QED) is 0.644. The number of carbonyl (C=O) groups is 1. The number of nitrogens with zero attached hydrogens (tertiary/aromatic N) is 3. The summed E-state index contributed by atoms with van der Waals surface area (Å²) in [6.07, 6.45) is 6.18. The van der Waals surface area contributed by atoms with Gasteiger partial charge in [0.05, 0.1) is 11.2 Å². The number of nitrogens with one attached hydrogen (secondary N) is 1. The average Bonchev–Trinajstić information content (AvgIpc) is 3.44. The molecule has 2 aromatic heterocycles. The average molecular weight is 435 g/mol. The summed E-state index contributed by atoms with van der Waals surface area (Å²) in [6, 6.07) is 8.92. The SMILES string of the molecule is Cc1nc(N2CCC(C(=O)N[C@@H](C)Cc3cccs3)CC2)nc2cc3c(cc12)CCC3. The van der Waals surface area contributed by atoms with E-state index in [1.54, 1.807) is 11.3 Å². The Bertz CT molecular complexity index is 1090. The summed E-state index contributed by atoms with van der Waals surface area (Å²) in [5.74, 6) is 1.08. The van der Waals surface area contributed by atoms with Crippen molar-refractivity contribution < 1.29 is 4.79 Å². The number of thiophene rings is 1. The molecule has 0 unspecified atom stereocenters. The van der Waals surface area contributed by atoms with Gasteiger partial charge in [0.15, 0.2) is 0 Å². The van der Waals surface area contributed by atoms with Crippen LogP contribution in [-0.4, -0.2) is 35.0 Å². The zero-order valence-corrected chi connectivity index (χ0v) is 19.2. The van der Waals surface area contributed by atoms with Gasteiger partial charge < -0.3 is 10.2 Å². The van der Waals surface area contributed by atoms with Gasteiger partial charge in [-0.15, -0.1) is 11.3 Å². The van der Waals surface area contributed by atoms with E-state index in [0.717, 1.165) is 55.9 Å². The number of aryl methyl sites for hydroxylation is 3. The first-order valence-corrected chi connectivity index (χ1v) is 12.3. The predicted molar refractivity (Wildman–Crippen MR) is 127 cm³/mol. The Balaban J connectivity index is 1.22. The van der Waals surface area contributed by atoms with Crippen LogP contribution in [-0.2, 0) is 24.1 Å². The molecule has 31 heavy (non-hydrogen) atoms. The fourth-order valence-corrected chi connectivity index (χ4v) is 5.80. The molecule has 1 aliphatic heterocycles. The molecule has 0 saturated carbocycles. The molecule has 5 rings (SSSR count). The molecule has 2 aliphatic rings. The third kappa shape index (κ3) is 4.31. The molecule has 1 atom stereocenters. The highest BCUT2D eigenvalue weighted by atomic mass is 32.1. The lowest BCUT2D eigenvalue weighted by atomic mass is 9.95. The number of anilines is 1. The standard InChI is InChI=1S/C25H30N4OS/c1-16(13-21-7-4-12-31-21)26-24(30)18-8-10-29(11-9-18)25-27-17(2)22-14-19-5-3-6-20(19)15-23(22)28-25/h4,7,12,14-16,18H,3,5-6,8-11,13H2,1-2H3,(H,26,30)/t16-/m0/s1. The number of piperidine rings is 1. The van der Waals surface area contributed by atoms with Crippen molar-refractivity contribution in [3.05, 3.63) is 51.3 Å². The molecule has 0 radical (unpaired) electrons. The van der Waals surface area contributed by atoms with Crippen LogP contribution in [0.2, 0.25) is 0 Å². The van der Waals surface area contributed by atoms with Gasteiger partial charge in [-0.25, -0.2) is 9.97 Å². The molecule has 1 saturated heterocycles. The summed E-state index contributed by atoms with van der Waals surface area (Å²) < 4.78 is 0. The van der Waals surface area contributed by atoms with Crippen LogP contribution in [0.5, 0.6) is 0 Å². The van der Waals surface area contributed by atoms with E-state index in [1.807, 2.05) is 0 Å². The fraction of sp³-hybridized carbons (Fsp3) is 0.480. The van der Waals surface area contributed by atoms with Crippen LogP contribution >= 0.6 is 11.3 Å². The topological polar surface area (TPSA) is 58.1 Å². The van der Waals surface area contributed by atoms with Crippen molar-refractivity contribution in [2.24, 2.45) is 5.92 Å². The van der Waals surface area contributed by atoms with E-state index in [-0.39, 0.29) is 17.9 Å². The van der Waals surface area contributed by atoms with E-state index in [2.05, 4.69) is 53.7 Å². The van der Waals surface area contributed by atoms with Gasteiger partial charge in [0, 0.05) is 41.7 Å². The number of fused-ring (bicyclic) bond motifs is 2. The van der Waals surface area contributed by atoms with E-state index >= 15 is 0 Å². The fourth-order valence-electron chi connectivity index (χ4n) is 4.96. The molecule has 3 heterocycles. The van der Waals surface area contributed by atoms with Gasteiger partial charge in [-0.3, -0.25) is 4.79 Å². The first-order chi connectivity index (χ1) is 15.1. The zero-order valence-electron chi connectivity index (χ0n) is 18.4. The molecular formula is C25H30N4OS. The Morgan fingerprint density at radius 3 is 2.74 bits per heavy atom. The lowest BCUT2D eigenvalue weighted by Crippen LogP contribution is -2.44. The number of benzene rings is 1. The Morgan fingerprint density at radius 1 is 1.23 bits per heavy atom. The molecule has 1 fully saturated rings. The maximum absolute atomic E-state index is 12.8. The second-order valence-electron chi connectivity index (χ2n) is 9.06. The summed E-state index contributed by atoms with van der Waals surface area (Å²) in [5.41, 5.74) is 5.03. The number of hydrogen-bond acceptors (Lipinski definition) is 5. The smallest absolute Gasteiger partial charge is 0.226 e. The van der Waals surface area contributed by atoms with E-state index in [9.17, 15) is 4.79 Å². The van der Waals surface area contributed by atoms with Crippen LogP contribution < -0.4 is 10.2 Å². The minimum Gasteiger partial charge on any atom is -0.353 e. The first kappa shape index (κ1) is 20.4. The van der Waals surface area contributed by atoms with Crippen molar-refractivity contribution in [3.8, 4) is 0 Å². The maximum Gasteiger partial charge on any atom is 0.226 e. The minimum atomic E-state index is 0.0758.